The number of azo groups is 1. The summed E-state index contributed by atoms with van der Waals surface area (Å²) in [7, 11) is -2.40. The van der Waals surface area contributed by atoms with Gasteiger partial charge in [-0.2, -0.15) is 14.7 Å². The highest BCUT2D eigenvalue weighted by Crippen LogP contribution is 2.29. The topological polar surface area (TPSA) is 187 Å². The number of sulfonamides is 1. The number of nitrogens with zero attached hydrogens (tertiary/aromatic N) is 5. The van der Waals surface area contributed by atoms with Gasteiger partial charge in [0.25, 0.3) is 5.56 Å². The van der Waals surface area contributed by atoms with Gasteiger partial charge >= 0.3 is 0 Å². The van der Waals surface area contributed by atoms with Crippen LogP contribution in [0, 0.1) is 17.2 Å². The largest absolute Gasteiger partial charge is 0.493 e. The molecule has 204 valence electrons. The first-order valence-corrected chi connectivity index (χ1v) is 13.3. The maximum atomic E-state index is 13.1. The van der Waals surface area contributed by atoms with Crippen molar-refractivity contribution in [3.8, 4) is 11.9 Å². The van der Waals surface area contributed by atoms with Gasteiger partial charge in [0, 0.05) is 52.4 Å². The number of hydrogen-bond acceptors (Lipinski definition) is 10. The van der Waals surface area contributed by atoms with Gasteiger partial charge in [0.1, 0.15) is 11.6 Å². The molecule has 1 aliphatic heterocycles. The number of rotatable bonds is 10. The van der Waals surface area contributed by atoms with Gasteiger partial charge < -0.3 is 20.3 Å². The Morgan fingerprint density at radius 1 is 1.29 bits per heavy atom. The number of carbonyl (C=O) groups is 1. The molecular formula is C24H30N6O7S. The van der Waals surface area contributed by atoms with E-state index in [9.17, 15) is 33.5 Å². The van der Waals surface area contributed by atoms with Crippen molar-refractivity contribution in [2.45, 2.75) is 37.8 Å². The number of aliphatic hydroxyl groups is 1. The van der Waals surface area contributed by atoms with Gasteiger partial charge in [-0.3, -0.25) is 14.2 Å². The van der Waals surface area contributed by atoms with Gasteiger partial charge in [-0.05, 0) is 43.0 Å². The van der Waals surface area contributed by atoms with Crippen molar-refractivity contribution in [1.29, 1.82) is 5.26 Å². The number of aromatic hydroxyl groups is 1. The van der Waals surface area contributed by atoms with Crippen molar-refractivity contribution in [1.82, 2.24) is 14.2 Å². The van der Waals surface area contributed by atoms with Crippen LogP contribution in [0.2, 0.25) is 0 Å². The number of ether oxygens (including phenoxy) is 1. The molecule has 38 heavy (non-hydrogen) atoms. The molecule has 1 atom stereocenters. The van der Waals surface area contributed by atoms with Gasteiger partial charge in [0.2, 0.25) is 21.8 Å². The fourth-order valence-electron chi connectivity index (χ4n) is 4.13. The van der Waals surface area contributed by atoms with Gasteiger partial charge in [-0.15, -0.1) is 5.11 Å². The van der Waals surface area contributed by atoms with Gasteiger partial charge in [-0.25, -0.2) is 8.42 Å². The summed E-state index contributed by atoms with van der Waals surface area (Å²) in [5.74, 6) is -1.00. The minimum absolute atomic E-state index is 0.0277. The van der Waals surface area contributed by atoms with E-state index in [1.165, 1.54) is 42.6 Å². The molecule has 0 bridgehead atoms. The van der Waals surface area contributed by atoms with Gasteiger partial charge in [0.15, 0.2) is 5.69 Å². The fourth-order valence-corrected chi connectivity index (χ4v) is 5.69. The molecule has 14 heteroatoms. The predicted molar refractivity (Wildman–Crippen MR) is 136 cm³/mol. The lowest BCUT2D eigenvalue weighted by Gasteiger charge is -2.30. The number of methoxy groups -OCH3 is 1. The lowest BCUT2D eigenvalue weighted by Crippen LogP contribution is -2.40. The Balaban J connectivity index is 1.93. The van der Waals surface area contributed by atoms with E-state index in [0.29, 0.717) is 13.0 Å². The van der Waals surface area contributed by atoms with Crippen LogP contribution in [0.3, 0.4) is 0 Å². The Hall–Kier alpha value is -3.64. The van der Waals surface area contributed by atoms with Gasteiger partial charge in [0.05, 0.1) is 17.2 Å². The Morgan fingerprint density at radius 2 is 2.00 bits per heavy atom. The van der Waals surface area contributed by atoms with Gasteiger partial charge in [-0.1, -0.05) is 0 Å². The van der Waals surface area contributed by atoms with E-state index in [-0.39, 0.29) is 72.1 Å². The molecule has 1 fully saturated rings. The van der Waals surface area contributed by atoms with E-state index >= 15 is 0 Å². The highest BCUT2D eigenvalue weighted by atomic mass is 32.2. The zero-order valence-corrected chi connectivity index (χ0v) is 21.9. The average Bonchev–Trinajstić information content (AvgIpc) is 2.91. The number of aliphatic hydroxyl groups excluding tert-OH is 1. The highest BCUT2D eigenvalue weighted by Gasteiger charge is 2.30. The number of nitriles is 1. The molecule has 0 aliphatic carbocycles. The summed E-state index contributed by atoms with van der Waals surface area (Å²) in [6, 6.07) is 7.47. The van der Waals surface area contributed by atoms with Crippen molar-refractivity contribution >= 4 is 27.3 Å². The van der Waals surface area contributed by atoms with E-state index in [1.807, 2.05) is 6.07 Å². The number of piperidine rings is 1. The minimum atomic E-state index is -3.76. The van der Waals surface area contributed by atoms with E-state index in [2.05, 4.69) is 15.5 Å². The SMILES string of the molecule is COCc1c(C#N)c(O)n(CCNC(C)=O)c(=O)c1N=Nc1ccc(S(=O)(=O)N2CCCC(CO)C2)cc1. The van der Waals surface area contributed by atoms with Crippen LogP contribution in [-0.2, 0) is 32.7 Å². The minimum Gasteiger partial charge on any atom is -0.493 e. The van der Waals surface area contributed by atoms with Crippen molar-refractivity contribution < 1.29 is 28.2 Å². The van der Waals surface area contributed by atoms with E-state index < -0.39 is 21.5 Å². The van der Waals surface area contributed by atoms with Crippen LogP contribution in [-0.4, -0.2) is 66.8 Å². The first-order valence-electron chi connectivity index (χ1n) is 11.9. The normalized spacial score (nSPS) is 16.4. The number of carbonyl (C=O) groups excluding carboxylic acids is 1. The molecule has 2 aromatic rings. The Morgan fingerprint density at radius 3 is 2.61 bits per heavy atom. The number of amides is 1. The van der Waals surface area contributed by atoms with Crippen LogP contribution in [0.5, 0.6) is 5.88 Å². The zero-order valence-electron chi connectivity index (χ0n) is 21.1. The summed E-state index contributed by atoms with van der Waals surface area (Å²) >= 11 is 0. The van der Waals surface area contributed by atoms with Crippen LogP contribution in [0.25, 0.3) is 0 Å². The summed E-state index contributed by atoms with van der Waals surface area (Å²) < 4.78 is 33.4. The quantitative estimate of drug-likeness (QED) is 0.374. The standard InChI is InChI=1S/C24H30N6O7S/c1-16(32)26-9-11-30-23(33)20(12-25)21(15-37-2)22(24(30)34)28-27-18-5-7-19(8-6-18)38(35,36)29-10-3-4-17(13-29)14-31/h5-8,17,31,33H,3-4,9-11,13-15H2,1-2H3,(H,26,32). The molecule has 1 aromatic carbocycles. The number of pyridine rings is 1. The molecular weight excluding hydrogens is 516 g/mol. The Labute approximate surface area is 220 Å². The van der Waals surface area contributed by atoms with Crippen LogP contribution in [0.15, 0.2) is 44.2 Å². The van der Waals surface area contributed by atoms with Crippen molar-refractivity contribution in [2.75, 3.05) is 33.4 Å². The third-order valence-electron chi connectivity index (χ3n) is 6.10. The summed E-state index contributed by atoms with van der Waals surface area (Å²) in [5, 5.41) is 40.1. The lowest BCUT2D eigenvalue weighted by molar-refractivity contribution is -0.119. The lowest BCUT2D eigenvalue weighted by atomic mass is 10.0. The summed E-state index contributed by atoms with van der Waals surface area (Å²) in [5.41, 5.74) is -0.906. The number of nitrogens with one attached hydrogen (secondary N) is 1. The predicted octanol–water partition coefficient (Wildman–Crippen LogP) is 1.52. The molecule has 2 heterocycles. The van der Waals surface area contributed by atoms with E-state index in [0.717, 1.165) is 11.0 Å². The molecule has 1 amide bonds. The number of hydrogen-bond donors (Lipinski definition) is 3. The summed E-state index contributed by atoms with van der Waals surface area (Å²) in [6.07, 6.45) is 1.44. The second-order valence-electron chi connectivity index (χ2n) is 8.76. The first-order chi connectivity index (χ1) is 18.1. The van der Waals surface area contributed by atoms with Crippen molar-refractivity contribution in [3.63, 3.8) is 0 Å². The Kier molecular flexibility index (Phi) is 9.70. The molecule has 13 nitrogen and oxygen atoms in total. The maximum absolute atomic E-state index is 13.1. The van der Waals surface area contributed by atoms with Crippen LogP contribution < -0.4 is 10.9 Å². The molecule has 0 spiro atoms. The molecule has 3 rings (SSSR count). The number of benzene rings is 1. The van der Waals surface area contributed by atoms with Crippen LogP contribution >= 0.6 is 0 Å². The fraction of sp³-hybridized carbons (Fsp3) is 0.458. The highest BCUT2D eigenvalue weighted by molar-refractivity contribution is 7.89. The van der Waals surface area contributed by atoms with Crippen molar-refractivity contribution in [3.05, 3.63) is 45.7 Å². The number of aromatic nitrogens is 1. The van der Waals surface area contributed by atoms with Crippen molar-refractivity contribution in [2.24, 2.45) is 16.1 Å². The summed E-state index contributed by atoms with van der Waals surface area (Å²) in [6.45, 7) is 1.57. The maximum Gasteiger partial charge on any atom is 0.281 e. The molecule has 0 saturated carbocycles. The second-order valence-corrected chi connectivity index (χ2v) is 10.7. The molecule has 3 N–H and O–H groups in total. The Bertz CT molecular complexity index is 1400. The van der Waals surface area contributed by atoms with Crippen LogP contribution in [0.1, 0.15) is 30.9 Å². The molecule has 1 aromatic heterocycles. The second kappa shape index (κ2) is 12.7. The van der Waals surface area contributed by atoms with E-state index in [4.69, 9.17) is 4.74 Å². The summed E-state index contributed by atoms with van der Waals surface area (Å²) in [4.78, 5) is 24.4. The molecule has 1 unspecified atom stereocenters. The monoisotopic (exact) mass is 546 g/mol. The third-order valence-corrected chi connectivity index (χ3v) is 7.98. The molecule has 1 saturated heterocycles. The van der Waals surface area contributed by atoms with E-state index in [1.54, 1.807) is 0 Å². The third kappa shape index (κ3) is 6.43. The van der Waals surface area contributed by atoms with Crippen LogP contribution in [0.4, 0.5) is 11.4 Å². The molecule has 0 radical (unpaired) electrons. The smallest absolute Gasteiger partial charge is 0.281 e. The average molecular weight is 547 g/mol. The molecule has 1 aliphatic rings. The first kappa shape index (κ1) is 28.9. The zero-order chi connectivity index (χ0) is 27.9.